The Morgan fingerprint density at radius 3 is 2.75 bits per heavy atom. The van der Waals surface area contributed by atoms with Gasteiger partial charge in [0.05, 0.1) is 0 Å². The number of carbonyl (C=O) groups excluding carboxylic acids is 1. The molecule has 3 N–H and O–H groups in total. The van der Waals surface area contributed by atoms with Gasteiger partial charge in [-0.3, -0.25) is 0 Å². The van der Waals surface area contributed by atoms with Gasteiger partial charge in [0, 0.05) is 5.71 Å². The maximum absolute atomic E-state index is 9.94. The zero-order valence-corrected chi connectivity index (χ0v) is 4.35. The van der Waals surface area contributed by atoms with Crippen LogP contribution in [0.3, 0.4) is 0 Å². The molecule has 4 nitrogen and oxygen atoms in total. The fourth-order valence-corrected chi connectivity index (χ4v) is 0.302. The molecule has 1 aliphatic rings. The van der Waals surface area contributed by atoms with Crippen molar-refractivity contribution in [3.63, 3.8) is 0 Å². The Kier molecular flexibility index (Phi) is 1.15. The number of primary amides is 1. The lowest BCUT2D eigenvalue weighted by Crippen LogP contribution is -2.24. The highest BCUT2D eigenvalue weighted by Crippen LogP contribution is 2.12. The zero-order chi connectivity index (χ0) is 5.98. The van der Waals surface area contributed by atoms with Crippen LogP contribution < -0.4 is 11.2 Å². The maximum Gasteiger partial charge on any atom is 0.332 e. The molecule has 0 unspecified atom stereocenters. The van der Waals surface area contributed by atoms with E-state index in [1.807, 2.05) is 0 Å². The zero-order valence-electron chi connectivity index (χ0n) is 4.35. The summed E-state index contributed by atoms with van der Waals surface area (Å²) < 4.78 is 0. The van der Waals surface area contributed by atoms with E-state index < -0.39 is 6.03 Å². The molecule has 0 aromatic rings. The van der Waals surface area contributed by atoms with Crippen molar-refractivity contribution in [1.29, 1.82) is 0 Å². The van der Waals surface area contributed by atoms with Gasteiger partial charge in [0.1, 0.15) is 0 Å². The predicted molar refractivity (Wildman–Crippen MR) is 29.4 cm³/mol. The van der Waals surface area contributed by atoms with Gasteiger partial charge >= 0.3 is 6.03 Å². The Morgan fingerprint density at radius 2 is 2.38 bits per heavy atom. The van der Waals surface area contributed by atoms with Crippen molar-refractivity contribution >= 4 is 11.7 Å². The number of rotatable bonds is 1. The van der Waals surface area contributed by atoms with Gasteiger partial charge in [-0.2, -0.15) is 5.10 Å². The second-order valence-electron chi connectivity index (χ2n) is 1.65. The first-order valence-corrected chi connectivity index (χ1v) is 2.40. The number of nitrogens with zero attached hydrogens (tertiary/aromatic N) is 1. The summed E-state index contributed by atoms with van der Waals surface area (Å²) in [5.41, 5.74) is 7.86. The summed E-state index contributed by atoms with van der Waals surface area (Å²) in [6.07, 6.45) is 2.00. The molecule has 4 heteroatoms. The monoisotopic (exact) mass is 113 g/mol. The molecule has 0 aliphatic heterocycles. The highest BCUT2D eigenvalue weighted by Gasteiger charge is 2.12. The summed E-state index contributed by atoms with van der Waals surface area (Å²) in [6, 6.07) is -0.593. The summed E-state index contributed by atoms with van der Waals surface area (Å²) in [7, 11) is 0. The van der Waals surface area contributed by atoms with Gasteiger partial charge in [0.2, 0.25) is 0 Å². The summed E-state index contributed by atoms with van der Waals surface area (Å²) >= 11 is 0. The Hall–Kier alpha value is -1.06. The average Bonchev–Trinajstić information content (AvgIpc) is 2.41. The molecule has 1 rings (SSSR count). The van der Waals surface area contributed by atoms with Crippen molar-refractivity contribution in [3.05, 3.63) is 0 Å². The van der Waals surface area contributed by atoms with Gasteiger partial charge in [-0.1, -0.05) is 0 Å². The molecule has 0 atom stereocenters. The van der Waals surface area contributed by atoms with Gasteiger partial charge in [-0.15, -0.1) is 0 Å². The van der Waals surface area contributed by atoms with Crippen LogP contribution in [0.5, 0.6) is 0 Å². The van der Waals surface area contributed by atoms with Crippen LogP contribution in [0.15, 0.2) is 5.10 Å². The molecule has 0 bridgehead atoms. The third-order valence-corrected chi connectivity index (χ3v) is 0.798. The summed E-state index contributed by atoms with van der Waals surface area (Å²) in [5, 5.41) is 3.63. The first kappa shape index (κ1) is 5.08. The molecule has 0 saturated heterocycles. The lowest BCUT2D eigenvalue weighted by atomic mass is 10.9. The lowest BCUT2D eigenvalue weighted by molar-refractivity contribution is 0.249. The molecular formula is C4H7N3O. The fraction of sp³-hybridized carbons (Fsp3) is 0.500. The average molecular weight is 113 g/mol. The van der Waals surface area contributed by atoms with E-state index in [9.17, 15) is 4.79 Å². The lowest BCUT2D eigenvalue weighted by Gasteiger charge is -1.85. The highest BCUT2D eigenvalue weighted by atomic mass is 16.2. The minimum absolute atomic E-state index is 0.593. The van der Waals surface area contributed by atoms with E-state index in [-0.39, 0.29) is 0 Å². The Labute approximate surface area is 46.7 Å². The third-order valence-electron chi connectivity index (χ3n) is 0.798. The molecule has 0 aromatic carbocycles. The number of hydrazone groups is 1. The second kappa shape index (κ2) is 1.81. The van der Waals surface area contributed by atoms with E-state index in [0.29, 0.717) is 0 Å². The highest BCUT2D eigenvalue weighted by molar-refractivity contribution is 5.98. The smallest absolute Gasteiger partial charge is 0.332 e. The van der Waals surface area contributed by atoms with Crippen molar-refractivity contribution in [2.45, 2.75) is 12.8 Å². The van der Waals surface area contributed by atoms with E-state index in [1.165, 1.54) is 0 Å². The molecule has 1 fully saturated rings. The molecular weight excluding hydrogens is 106 g/mol. The summed E-state index contributed by atoms with van der Waals surface area (Å²) in [5.74, 6) is 0. The van der Waals surface area contributed by atoms with Crippen LogP contribution in [0.2, 0.25) is 0 Å². The van der Waals surface area contributed by atoms with Gasteiger partial charge in [0.25, 0.3) is 0 Å². The van der Waals surface area contributed by atoms with Gasteiger partial charge in [0.15, 0.2) is 0 Å². The van der Waals surface area contributed by atoms with Crippen molar-refractivity contribution in [1.82, 2.24) is 5.43 Å². The van der Waals surface area contributed by atoms with Crippen LogP contribution in [-0.2, 0) is 0 Å². The minimum Gasteiger partial charge on any atom is -0.350 e. The number of nitrogens with one attached hydrogen (secondary N) is 1. The largest absolute Gasteiger partial charge is 0.350 e. The third kappa shape index (κ3) is 1.59. The maximum atomic E-state index is 9.94. The van der Waals surface area contributed by atoms with E-state index >= 15 is 0 Å². The predicted octanol–water partition coefficient (Wildman–Crippen LogP) is -0.196. The number of hydrogen-bond acceptors (Lipinski definition) is 2. The first-order chi connectivity index (χ1) is 3.79. The number of carbonyl (C=O) groups is 1. The number of nitrogens with two attached hydrogens (primary N) is 1. The van der Waals surface area contributed by atoms with E-state index in [0.717, 1.165) is 18.6 Å². The van der Waals surface area contributed by atoms with Crippen LogP contribution in [0.1, 0.15) is 12.8 Å². The molecule has 0 radical (unpaired) electrons. The normalized spacial score (nSPS) is 15.2. The van der Waals surface area contributed by atoms with Crippen LogP contribution in [0.25, 0.3) is 0 Å². The van der Waals surface area contributed by atoms with Crippen LogP contribution >= 0.6 is 0 Å². The molecule has 1 saturated carbocycles. The van der Waals surface area contributed by atoms with Crippen LogP contribution in [0, 0.1) is 0 Å². The Morgan fingerprint density at radius 1 is 1.75 bits per heavy atom. The number of urea groups is 1. The fourth-order valence-electron chi connectivity index (χ4n) is 0.302. The SMILES string of the molecule is NC(=O)NN=C1CC1. The van der Waals surface area contributed by atoms with Gasteiger partial charge in [-0.25, -0.2) is 10.2 Å². The number of hydrogen-bond donors (Lipinski definition) is 2. The van der Waals surface area contributed by atoms with E-state index in [2.05, 4.69) is 10.5 Å². The van der Waals surface area contributed by atoms with Crippen LogP contribution in [0.4, 0.5) is 4.79 Å². The van der Waals surface area contributed by atoms with E-state index in [4.69, 9.17) is 5.73 Å². The van der Waals surface area contributed by atoms with Crippen LogP contribution in [-0.4, -0.2) is 11.7 Å². The molecule has 0 heterocycles. The molecule has 44 valence electrons. The standard InChI is InChI=1S/C4H7N3O/c5-4(8)7-6-3-1-2-3/h1-2H2,(H3,5,7,8). The Bertz CT molecular complexity index is 134. The molecule has 8 heavy (non-hydrogen) atoms. The van der Waals surface area contributed by atoms with Crippen molar-refractivity contribution in [3.8, 4) is 0 Å². The van der Waals surface area contributed by atoms with Crippen molar-refractivity contribution in [2.24, 2.45) is 10.8 Å². The summed E-state index contributed by atoms with van der Waals surface area (Å²) in [6.45, 7) is 0. The van der Waals surface area contributed by atoms with E-state index in [1.54, 1.807) is 0 Å². The quantitative estimate of drug-likeness (QED) is 0.454. The van der Waals surface area contributed by atoms with Gasteiger partial charge in [-0.05, 0) is 12.8 Å². The Balaban J connectivity index is 2.21. The number of amides is 2. The molecule has 2 amide bonds. The van der Waals surface area contributed by atoms with Gasteiger partial charge < -0.3 is 5.73 Å². The topological polar surface area (TPSA) is 67.5 Å². The second-order valence-corrected chi connectivity index (χ2v) is 1.65. The molecule has 0 aromatic heterocycles. The van der Waals surface area contributed by atoms with Crippen molar-refractivity contribution < 1.29 is 4.79 Å². The first-order valence-electron chi connectivity index (χ1n) is 2.40. The molecule has 0 spiro atoms. The molecule has 1 aliphatic carbocycles. The summed E-state index contributed by atoms with van der Waals surface area (Å²) in [4.78, 5) is 9.94. The van der Waals surface area contributed by atoms with Crippen molar-refractivity contribution in [2.75, 3.05) is 0 Å². The minimum atomic E-state index is -0.593.